The van der Waals surface area contributed by atoms with Crippen molar-refractivity contribution in [3.05, 3.63) is 82.9 Å². The molecule has 0 atom stereocenters. The molecule has 1 aliphatic rings. The number of piperidine rings is 1. The minimum Gasteiger partial charge on any atom is -0.488 e. The summed E-state index contributed by atoms with van der Waals surface area (Å²) in [5.41, 5.74) is 4.48. The highest BCUT2D eigenvalue weighted by atomic mass is 35.5. The van der Waals surface area contributed by atoms with Crippen LogP contribution >= 0.6 is 24.8 Å². The average Bonchev–Trinajstić information content (AvgIpc) is 3.59. The van der Waals surface area contributed by atoms with Crippen LogP contribution in [-0.4, -0.2) is 37.2 Å². The Bertz CT molecular complexity index is 1290. The smallest absolute Gasteiger partial charge is 0.173 e. The number of aryl methyl sites for hydroxylation is 2. The van der Waals surface area contributed by atoms with E-state index in [1.54, 1.807) is 18.4 Å². The summed E-state index contributed by atoms with van der Waals surface area (Å²) in [6, 6.07) is 17.7. The quantitative estimate of drug-likeness (QED) is 0.251. The first kappa shape index (κ1) is 32.2. The van der Waals surface area contributed by atoms with Crippen molar-refractivity contribution in [2.75, 3.05) is 27.2 Å². The fraction of sp³-hybridized carbons (Fsp3) is 0.400. The maximum Gasteiger partial charge on any atom is 0.173 e. The average molecular weight is 574 g/mol. The fourth-order valence-electron chi connectivity index (χ4n) is 4.74. The number of aromatic nitrogens is 1. The normalized spacial score (nSPS) is 13.5. The third-order valence-corrected chi connectivity index (χ3v) is 6.85. The highest BCUT2D eigenvalue weighted by Crippen LogP contribution is 2.32. The predicted molar refractivity (Wildman–Crippen MR) is 159 cm³/mol. The lowest BCUT2D eigenvalue weighted by molar-refractivity contribution is 0.162. The van der Waals surface area contributed by atoms with Gasteiger partial charge in [-0.2, -0.15) is 5.26 Å². The standard InChI is InChI=1S/C28H29N3O3.C2H7N.2ClH/c1-20-27(33-19-23-6-4-22(17-29)5-7-23)11-9-25-26(30-34-28(20)25)10-8-21-12-14-31(15-13-21)18-24-3-2-16-32-24;1-3-2;;/h2-7,9,11,16,21H,8,10,12-15,18-19H2,1H3;3H,1-2H3;2*1H. The van der Waals surface area contributed by atoms with Gasteiger partial charge in [-0.3, -0.25) is 4.90 Å². The van der Waals surface area contributed by atoms with E-state index in [1.807, 2.05) is 51.4 Å². The first-order valence-corrected chi connectivity index (χ1v) is 12.9. The van der Waals surface area contributed by atoms with Gasteiger partial charge in [0.25, 0.3) is 0 Å². The van der Waals surface area contributed by atoms with Crippen LogP contribution in [0.25, 0.3) is 11.0 Å². The van der Waals surface area contributed by atoms with Gasteiger partial charge in [-0.15, -0.1) is 24.8 Å². The first-order chi connectivity index (χ1) is 18.1. The van der Waals surface area contributed by atoms with Gasteiger partial charge in [0.1, 0.15) is 18.1 Å². The Balaban J connectivity index is 0.00000102. The summed E-state index contributed by atoms with van der Waals surface area (Å²) in [6.07, 6.45) is 6.23. The molecule has 1 aliphatic heterocycles. The molecule has 0 spiro atoms. The van der Waals surface area contributed by atoms with Crippen molar-refractivity contribution in [3.63, 3.8) is 0 Å². The lowest BCUT2D eigenvalue weighted by Gasteiger charge is -2.31. The number of hydrogen-bond acceptors (Lipinski definition) is 7. The molecular weight excluding hydrogens is 535 g/mol. The number of furan rings is 1. The summed E-state index contributed by atoms with van der Waals surface area (Å²) < 4.78 is 17.3. The van der Waals surface area contributed by atoms with Gasteiger partial charge >= 0.3 is 0 Å². The molecular formula is C30H38Cl2N4O3. The zero-order valence-corrected chi connectivity index (χ0v) is 24.4. The molecule has 0 unspecified atom stereocenters. The molecule has 39 heavy (non-hydrogen) atoms. The van der Waals surface area contributed by atoms with Gasteiger partial charge in [0.05, 0.1) is 30.1 Å². The number of rotatable bonds is 8. The number of nitrogens with zero attached hydrogens (tertiary/aromatic N) is 3. The topological polar surface area (TPSA) is 87.5 Å². The molecule has 2 aromatic carbocycles. The van der Waals surface area contributed by atoms with E-state index >= 15 is 0 Å². The summed E-state index contributed by atoms with van der Waals surface area (Å²) in [5, 5.41) is 17.2. The molecule has 0 saturated carbocycles. The van der Waals surface area contributed by atoms with Gasteiger partial charge in [-0.05, 0) is 108 Å². The zero-order chi connectivity index (χ0) is 26.0. The van der Waals surface area contributed by atoms with Crippen molar-refractivity contribution in [1.82, 2.24) is 15.4 Å². The highest BCUT2D eigenvalue weighted by Gasteiger charge is 2.21. The Labute approximate surface area is 243 Å². The van der Waals surface area contributed by atoms with E-state index in [2.05, 4.69) is 27.5 Å². The lowest BCUT2D eigenvalue weighted by atomic mass is 9.91. The molecule has 1 N–H and O–H groups in total. The van der Waals surface area contributed by atoms with Crippen LogP contribution in [-0.2, 0) is 19.6 Å². The van der Waals surface area contributed by atoms with Gasteiger partial charge in [-0.1, -0.05) is 17.3 Å². The molecule has 7 nitrogen and oxygen atoms in total. The van der Waals surface area contributed by atoms with Gasteiger partial charge in [-0.25, -0.2) is 0 Å². The SMILES string of the molecule is CNC.Cc1c(OCc2ccc(C#N)cc2)ccc2c(CCC3CCN(Cc4ccco4)CC3)noc12.Cl.Cl. The Morgan fingerprint density at radius 3 is 2.44 bits per heavy atom. The van der Waals surface area contributed by atoms with Gasteiger partial charge in [0.15, 0.2) is 5.58 Å². The molecule has 9 heteroatoms. The second-order valence-electron chi connectivity index (χ2n) is 9.63. The van der Waals surface area contributed by atoms with Crippen LogP contribution in [0.1, 0.15) is 47.4 Å². The van der Waals surface area contributed by atoms with Gasteiger partial charge in [0, 0.05) is 10.9 Å². The van der Waals surface area contributed by atoms with Gasteiger partial charge < -0.3 is 19.0 Å². The van der Waals surface area contributed by atoms with Crippen molar-refractivity contribution >= 4 is 35.8 Å². The van der Waals surface area contributed by atoms with E-state index in [9.17, 15) is 0 Å². The van der Waals surface area contributed by atoms with Crippen molar-refractivity contribution in [2.24, 2.45) is 5.92 Å². The van der Waals surface area contributed by atoms with Gasteiger partial charge in [0.2, 0.25) is 0 Å². The number of nitrogens with one attached hydrogen (secondary N) is 1. The van der Waals surface area contributed by atoms with Crippen LogP contribution in [0, 0.1) is 24.2 Å². The van der Waals surface area contributed by atoms with E-state index in [4.69, 9.17) is 18.9 Å². The maximum absolute atomic E-state index is 8.94. The molecule has 0 amide bonds. The molecule has 1 saturated heterocycles. The summed E-state index contributed by atoms with van der Waals surface area (Å²) in [4.78, 5) is 2.48. The second-order valence-corrected chi connectivity index (χ2v) is 9.63. The number of likely N-dealkylation sites (tertiary alicyclic amines) is 1. The van der Waals surface area contributed by atoms with E-state index in [-0.39, 0.29) is 24.8 Å². The van der Waals surface area contributed by atoms with Crippen molar-refractivity contribution < 1.29 is 13.7 Å². The predicted octanol–water partition coefficient (Wildman–Crippen LogP) is 6.70. The summed E-state index contributed by atoms with van der Waals surface area (Å²) in [7, 11) is 3.75. The van der Waals surface area contributed by atoms with Crippen molar-refractivity contribution in [1.29, 1.82) is 5.26 Å². The van der Waals surface area contributed by atoms with Crippen LogP contribution in [0.4, 0.5) is 0 Å². The Kier molecular flexibility index (Phi) is 13.3. The van der Waals surface area contributed by atoms with Crippen molar-refractivity contribution in [2.45, 2.75) is 45.8 Å². The molecule has 4 aromatic rings. The fourth-order valence-corrected chi connectivity index (χ4v) is 4.74. The summed E-state index contributed by atoms with van der Waals surface area (Å²) >= 11 is 0. The number of hydrogen-bond donors (Lipinski definition) is 1. The maximum atomic E-state index is 8.94. The number of halogens is 2. The largest absolute Gasteiger partial charge is 0.488 e. The lowest BCUT2D eigenvalue weighted by Crippen LogP contribution is -2.33. The van der Waals surface area contributed by atoms with Crippen LogP contribution < -0.4 is 10.1 Å². The number of nitriles is 1. The number of ether oxygens (including phenoxy) is 1. The molecule has 0 aliphatic carbocycles. The third kappa shape index (κ3) is 8.74. The molecule has 5 rings (SSSR count). The molecule has 0 radical (unpaired) electrons. The number of benzene rings is 2. The van der Waals surface area contributed by atoms with E-state index in [0.29, 0.717) is 12.2 Å². The Morgan fingerprint density at radius 2 is 1.79 bits per heavy atom. The monoisotopic (exact) mass is 572 g/mol. The third-order valence-electron chi connectivity index (χ3n) is 6.85. The van der Waals surface area contributed by atoms with E-state index < -0.39 is 0 Å². The number of fused-ring (bicyclic) bond motifs is 1. The highest BCUT2D eigenvalue weighted by molar-refractivity contribution is 5.86. The van der Waals surface area contributed by atoms with E-state index in [0.717, 1.165) is 77.7 Å². The molecule has 1 fully saturated rings. The molecule has 2 aromatic heterocycles. The van der Waals surface area contributed by atoms with Crippen LogP contribution in [0.2, 0.25) is 0 Å². The minimum atomic E-state index is 0. The Morgan fingerprint density at radius 1 is 1.08 bits per heavy atom. The molecule has 210 valence electrons. The van der Waals surface area contributed by atoms with Crippen LogP contribution in [0.5, 0.6) is 5.75 Å². The molecule has 3 heterocycles. The van der Waals surface area contributed by atoms with Crippen LogP contribution in [0.15, 0.2) is 63.7 Å². The molecule has 0 bridgehead atoms. The van der Waals surface area contributed by atoms with Crippen molar-refractivity contribution in [3.8, 4) is 11.8 Å². The Hall–Kier alpha value is -3.02. The summed E-state index contributed by atoms with van der Waals surface area (Å²) in [5.74, 6) is 2.56. The second kappa shape index (κ2) is 16.2. The van der Waals surface area contributed by atoms with Crippen LogP contribution in [0.3, 0.4) is 0 Å². The van der Waals surface area contributed by atoms with E-state index in [1.165, 1.54) is 12.8 Å². The minimum absolute atomic E-state index is 0. The first-order valence-electron chi connectivity index (χ1n) is 12.9. The zero-order valence-electron chi connectivity index (χ0n) is 22.8. The summed E-state index contributed by atoms with van der Waals surface area (Å²) in [6.45, 7) is 5.59.